The first-order chi connectivity index (χ1) is 6.02. The largest absolute Gasteiger partial charge is 0.388 e. The average molecular weight is 180 g/mol. The molecule has 1 unspecified atom stereocenters. The maximum Gasteiger partial charge on any atom is 0.272 e. The van der Waals surface area contributed by atoms with E-state index in [1.807, 2.05) is 0 Å². The SMILES string of the molecule is [CH2]C(O)c1ccc([N+](=O)[O-])c(C)c1. The van der Waals surface area contributed by atoms with E-state index in [4.69, 9.17) is 5.11 Å². The number of hydrogen-bond acceptors (Lipinski definition) is 3. The number of nitrogens with zero attached hydrogens (tertiary/aromatic N) is 1. The first kappa shape index (κ1) is 9.67. The van der Waals surface area contributed by atoms with Crippen molar-refractivity contribution < 1.29 is 10.0 Å². The van der Waals surface area contributed by atoms with Crippen molar-refractivity contribution in [3.63, 3.8) is 0 Å². The molecule has 0 aromatic heterocycles. The van der Waals surface area contributed by atoms with Crippen molar-refractivity contribution in [1.82, 2.24) is 0 Å². The van der Waals surface area contributed by atoms with Gasteiger partial charge in [-0.25, -0.2) is 0 Å². The number of aliphatic hydroxyl groups is 1. The van der Waals surface area contributed by atoms with Gasteiger partial charge in [0.1, 0.15) is 0 Å². The van der Waals surface area contributed by atoms with Gasteiger partial charge in [-0.2, -0.15) is 0 Å². The van der Waals surface area contributed by atoms with Gasteiger partial charge in [-0.15, -0.1) is 0 Å². The van der Waals surface area contributed by atoms with Crippen LogP contribution >= 0.6 is 0 Å². The molecule has 0 saturated carbocycles. The minimum atomic E-state index is -0.834. The van der Waals surface area contributed by atoms with Gasteiger partial charge in [-0.3, -0.25) is 10.1 Å². The highest BCUT2D eigenvalue weighted by Crippen LogP contribution is 2.21. The molecule has 1 aromatic rings. The molecule has 0 amide bonds. The van der Waals surface area contributed by atoms with E-state index in [9.17, 15) is 10.1 Å². The van der Waals surface area contributed by atoms with E-state index in [1.165, 1.54) is 12.1 Å². The van der Waals surface area contributed by atoms with Gasteiger partial charge in [-0.1, -0.05) is 0 Å². The van der Waals surface area contributed by atoms with E-state index in [-0.39, 0.29) is 5.69 Å². The normalized spacial score (nSPS) is 12.5. The number of aryl methyl sites for hydroxylation is 1. The van der Waals surface area contributed by atoms with Crippen molar-refractivity contribution >= 4 is 5.69 Å². The van der Waals surface area contributed by atoms with Crippen molar-refractivity contribution in [2.24, 2.45) is 0 Å². The first-order valence-corrected chi connectivity index (χ1v) is 3.78. The Hall–Kier alpha value is -1.42. The first-order valence-electron chi connectivity index (χ1n) is 3.78. The van der Waals surface area contributed by atoms with Crippen LogP contribution in [-0.2, 0) is 0 Å². The molecule has 4 heteroatoms. The fourth-order valence-corrected chi connectivity index (χ4v) is 1.09. The molecule has 4 nitrogen and oxygen atoms in total. The third-order valence-electron chi connectivity index (χ3n) is 1.80. The van der Waals surface area contributed by atoms with E-state index in [1.54, 1.807) is 13.0 Å². The molecule has 13 heavy (non-hydrogen) atoms. The summed E-state index contributed by atoms with van der Waals surface area (Å²) in [5.41, 5.74) is 1.18. The lowest BCUT2D eigenvalue weighted by Gasteiger charge is -2.04. The van der Waals surface area contributed by atoms with E-state index in [2.05, 4.69) is 6.92 Å². The Morgan fingerprint density at radius 3 is 2.62 bits per heavy atom. The summed E-state index contributed by atoms with van der Waals surface area (Å²) in [6.07, 6.45) is -0.834. The second kappa shape index (κ2) is 3.53. The Morgan fingerprint density at radius 1 is 1.62 bits per heavy atom. The van der Waals surface area contributed by atoms with Crippen LogP contribution in [-0.4, -0.2) is 10.0 Å². The molecule has 1 atom stereocenters. The number of benzene rings is 1. The predicted molar refractivity (Wildman–Crippen MR) is 48.2 cm³/mol. The molecule has 1 aromatic carbocycles. The number of hydrogen-bond donors (Lipinski definition) is 1. The number of nitro groups is 1. The van der Waals surface area contributed by atoms with Crippen LogP contribution in [0.2, 0.25) is 0 Å². The zero-order valence-electron chi connectivity index (χ0n) is 7.23. The maximum absolute atomic E-state index is 10.4. The van der Waals surface area contributed by atoms with Gasteiger partial charge in [0.2, 0.25) is 0 Å². The maximum atomic E-state index is 10.4. The Bertz CT molecular complexity index is 334. The summed E-state index contributed by atoms with van der Waals surface area (Å²) in [5.74, 6) is 0. The highest BCUT2D eigenvalue weighted by Gasteiger charge is 2.11. The molecular formula is C9H10NO3. The highest BCUT2D eigenvalue weighted by atomic mass is 16.6. The summed E-state index contributed by atoms with van der Waals surface area (Å²) in [4.78, 5) is 9.98. The van der Waals surface area contributed by atoms with Gasteiger partial charge in [0, 0.05) is 11.6 Å². The highest BCUT2D eigenvalue weighted by molar-refractivity contribution is 5.42. The monoisotopic (exact) mass is 180 g/mol. The molecule has 0 fully saturated rings. The van der Waals surface area contributed by atoms with Gasteiger partial charge < -0.3 is 5.11 Å². The fraction of sp³-hybridized carbons (Fsp3) is 0.222. The van der Waals surface area contributed by atoms with Gasteiger partial charge in [0.15, 0.2) is 0 Å². The van der Waals surface area contributed by atoms with Crippen molar-refractivity contribution in [3.05, 3.63) is 46.4 Å². The number of nitro benzene ring substituents is 1. The Labute approximate surface area is 76.0 Å². The van der Waals surface area contributed by atoms with Crippen LogP contribution in [0.15, 0.2) is 18.2 Å². The predicted octanol–water partition coefficient (Wildman–Crippen LogP) is 1.77. The molecule has 1 radical (unpaired) electrons. The van der Waals surface area contributed by atoms with Crippen LogP contribution in [0, 0.1) is 24.0 Å². The Kier molecular flexibility index (Phi) is 2.63. The smallest absolute Gasteiger partial charge is 0.272 e. The van der Waals surface area contributed by atoms with Gasteiger partial charge in [0.25, 0.3) is 5.69 Å². The molecule has 0 aliphatic carbocycles. The van der Waals surface area contributed by atoms with E-state index in [0.29, 0.717) is 11.1 Å². The summed E-state index contributed by atoms with van der Waals surface area (Å²) >= 11 is 0. The van der Waals surface area contributed by atoms with Crippen molar-refractivity contribution in [3.8, 4) is 0 Å². The van der Waals surface area contributed by atoms with E-state index >= 15 is 0 Å². The fourth-order valence-electron chi connectivity index (χ4n) is 1.09. The topological polar surface area (TPSA) is 63.4 Å². The van der Waals surface area contributed by atoms with Crippen LogP contribution in [0.1, 0.15) is 17.2 Å². The second-order valence-corrected chi connectivity index (χ2v) is 2.82. The van der Waals surface area contributed by atoms with Crippen molar-refractivity contribution in [2.75, 3.05) is 0 Å². The van der Waals surface area contributed by atoms with Crippen molar-refractivity contribution in [2.45, 2.75) is 13.0 Å². The summed E-state index contributed by atoms with van der Waals surface area (Å²) < 4.78 is 0. The quantitative estimate of drug-likeness (QED) is 0.557. The average Bonchev–Trinajstić information content (AvgIpc) is 2.03. The van der Waals surface area contributed by atoms with Crippen molar-refractivity contribution in [1.29, 1.82) is 0 Å². The third-order valence-corrected chi connectivity index (χ3v) is 1.80. The lowest BCUT2D eigenvalue weighted by atomic mass is 10.1. The summed E-state index contributed by atoms with van der Waals surface area (Å²) in [6.45, 7) is 5.04. The zero-order chi connectivity index (χ0) is 10.0. The molecular weight excluding hydrogens is 170 g/mol. The molecule has 0 aliphatic rings. The molecule has 0 heterocycles. The molecule has 0 bridgehead atoms. The van der Waals surface area contributed by atoms with Gasteiger partial charge in [-0.05, 0) is 31.5 Å². The lowest BCUT2D eigenvalue weighted by molar-refractivity contribution is -0.385. The van der Waals surface area contributed by atoms with Crippen LogP contribution in [0.3, 0.4) is 0 Å². The summed E-state index contributed by atoms with van der Waals surface area (Å²) in [7, 11) is 0. The van der Waals surface area contributed by atoms with Crippen LogP contribution in [0.5, 0.6) is 0 Å². The lowest BCUT2D eigenvalue weighted by Crippen LogP contribution is -1.96. The molecule has 1 N–H and O–H groups in total. The summed E-state index contributed by atoms with van der Waals surface area (Å²) in [6, 6.07) is 4.44. The van der Waals surface area contributed by atoms with Gasteiger partial charge >= 0.3 is 0 Å². The summed E-state index contributed by atoms with van der Waals surface area (Å²) in [5, 5.41) is 19.5. The standard InChI is InChI=1S/C9H10NO3/c1-6-5-8(7(2)11)3-4-9(6)10(12)13/h3-5,7,11H,2H2,1H3. The number of aliphatic hydroxyl groups excluding tert-OH is 1. The minimum absolute atomic E-state index is 0.0596. The molecule has 0 saturated heterocycles. The Balaban J connectivity index is 3.13. The molecule has 0 spiro atoms. The second-order valence-electron chi connectivity index (χ2n) is 2.82. The van der Waals surface area contributed by atoms with E-state index in [0.717, 1.165) is 0 Å². The number of rotatable bonds is 2. The minimum Gasteiger partial charge on any atom is -0.388 e. The van der Waals surface area contributed by atoms with Crippen LogP contribution < -0.4 is 0 Å². The molecule has 0 aliphatic heterocycles. The van der Waals surface area contributed by atoms with Gasteiger partial charge in [0.05, 0.1) is 11.0 Å². The van der Waals surface area contributed by atoms with Crippen LogP contribution in [0.4, 0.5) is 5.69 Å². The van der Waals surface area contributed by atoms with E-state index < -0.39 is 11.0 Å². The molecule has 69 valence electrons. The third kappa shape index (κ3) is 2.03. The zero-order valence-corrected chi connectivity index (χ0v) is 7.23. The van der Waals surface area contributed by atoms with Crippen LogP contribution in [0.25, 0.3) is 0 Å². The Morgan fingerprint density at radius 2 is 2.23 bits per heavy atom. The molecule has 1 rings (SSSR count).